The molecule has 3 nitrogen and oxygen atoms in total. The van der Waals surface area contributed by atoms with Gasteiger partial charge in [0.2, 0.25) is 5.91 Å². The van der Waals surface area contributed by atoms with Crippen molar-refractivity contribution in [3.8, 4) is 0 Å². The molecule has 2 rings (SSSR count). The van der Waals surface area contributed by atoms with Gasteiger partial charge in [0.15, 0.2) is 0 Å². The highest BCUT2D eigenvalue weighted by atomic mass is 32.2. The SMILES string of the molecule is Cc1ccccc1NC(=O)CNCC1CCSC1. The maximum absolute atomic E-state index is 11.8. The van der Waals surface area contributed by atoms with Gasteiger partial charge in [-0.15, -0.1) is 0 Å². The number of nitrogens with one attached hydrogen (secondary N) is 2. The van der Waals surface area contributed by atoms with Crippen LogP contribution in [0.25, 0.3) is 0 Å². The van der Waals surface area contributed by atoms with Crippen LogP contribution in [0.4, 0.5) is 5.69 Å². The zero-order valence-corrected chi connectivity index (χ0v) is 11.6. The molecule has 1 heterocycles. The number of anilines is 1. The molecule has 1 unspecified atom stereocenters. The smallest absolute Gasteiger partial charge is 0.238 e. The van der Waals surface area contributed by atoms with Crippen LogP contribution in [-0.2, 0) is 4.79 Å². The van der Waals surface area contributed by atoms with Crippen molar-refractivity contribution < 1.29 is 4.79 Å². The van der Waals surface area contributed by atoms with E-state index in [0.29, 0.717) is 6.54 Å². The van der Waals surface area contributed by atoms with E-state index < -0.39 is 0 Å². The molecule has 0 radical (unpaired) electrons. The molecular weight excluding hydrogens is 244 g/mol. The van der Waals surface area contributed by atoms with Gasteiger partial charge in [0.05, 0.1) is 6.54 Å². The Bertz CT molecular complexity index is 403. The molecule has 0 saturated carbocycles. The molecule has 1 aromatic rings. The van der Waals surface area contributed by atoms with E-state index in [1.807, 2.05) is 43.0 Å². The molecule has 1 atom stereocenters. The minimum Gasteiger partial charge on any atom is -0.325 e. The predicted molar refractivity (Wildman–Crippen MR) is 78.1 cm³/mol. The lowest BCUT2D eigenvalue weighted by Gasteiger charge is -2.11. The molecule has 0 aromatic heterocycles. The summed E-state index contributed by atoms with van der Waals surface area (Å²) in [6, 6.07) is 7.84. The summed E-state index contributed by atoms with van der Waals surface area (Å²) >= 11 is 2.01. The number of benzene rings is 1. The fourth-order valence-electron chi connectivity index (χ4n) is 2.04. The molecule has 1 fully saturated rings. The van der Waals surface area contributed by atoms with Gasteiger partial charge < -0.3 is 10.6 Å². The van der Waals surface area contributed by atoms with Gasteiger partial charge >= 0.3 is 0 Å². The number of rotatable bonds is 5. The maximum Gasteiger partial charge on any atom is 0.238 e. The minimum absolute atomic E-state index is 0.0370. The van der Waals surface area contributed by atoms with Gasteiger partial charge in [-0.05, 0) is 48.9 Å². The van der Waals surface area contributed by atoms with Crippen molar-refractivity contribution >= 4 is 23.4 Å². The summed E-state index contributed by atoms with van der Waals surface area (Å²) in [7, 11) is 0. The van der Waals surface area contributed by atoms with Crippen molar-refractivity contribution in [3.63, 3.8) is 0 Å². The highest BCUT2D eigenvalue weighted by Gasteiger charge is 2.15. The molecule has 1 aromatic carbocycles. The van der Waals surface area contributed by atoms with E-state index in [2.05, 4.69) is 10.6 Å². The van der Waals surface area contributed by atoms with Crippen LogP contribution in [0.1, 0.15) is 12.0 Å². The Balaban J connectivity index is 1.70. The maximum atomic E-state index is 11.8. The molecule has 18 heavy (non-hydrogen) atoms. The molecule has 1 saturated heterocycles. The normalized spacial score (nSPS) is 18.8. The van der Waals surface area contributed by atoms with Crippen LogP contribution in [0.5, 0.6) is 0 Å². The average molecular weight is 264 g/mol. The first-order valence-corrected chi connectivity index (χ1v) is 7.55. The number of amides is 1. The van der Waals surface area contributed by atoms with Crippen LogP contribution >= 0.6 is 11.8 Å². The first kappa shape index (κ1) is 13.4. The number of hydrogen-bond donors (Lipinski definition) is 2. The molecule has 0 bridgehead atoms. The first-order valence-electron chi connectivity index (χ1n) is 6.39. The Morgan fingerprint density at radius 2 is 2.28 bits per heavy atom. The van der Waals surface area contributed by atoms with Crippen molar-refractivity contribution in [1.29, 1.82) is 0 Å². The monoisotopic (exact) mass is 264 g/mol. The van der Waals surface area contributed by atoms with Crippen LogP contribution < -0.4 is 10.6 Å². The highest BCUT2D eigenvalue weighted by Crippen LogP contribution is 2.22. The lowest BCUT2D eigenvalue weighted by molar-refractivity contribution is -0.115. The molecule has 0 aliphatic carbocycles. The quantitative estimate of drug-likeness (QED) is 0.857. The second-order valence-corrected chi connectivity index (χ2v) is 5.87. The summed E-state index contributed by atoms with van der Waals surface area (Å²) in [5, 5.41) is 6.17. The number of para-hydroxylation sites is 1. The van der Waals surface area contributed by atoms with Crippen LogP contribution in [-0.4, -0.2) is 30.5 Å². The highest BCUT2D eigenvalue weighted by molar-refractivity contribution is 7.99. The van der Waals surface area contributed by atoms with E-state index in [-0.39, 0.29) is 5.91 Å². The summed E-state index contributed by atoms with van der Waals surface area (Å²) in [5.74, 6) is 3.27. The predicted octanol–water partition coefficient (Wildman–Crippen LogP) is 2.28. The van der Waals surface area contributed by atoms with Gasteiger partial charge in [-0.2, -0.15) is 11.8 Å². The number of aryl methyl sites for hydroxylation is 1. The third-order valence-electron chi connectivity index (χ3n) is 3.16. The van der Waals surface area contributed by atoms with Crippen LogP contribution in [0.2, 0.25) is 0 Å². The van der Waals surface area contributed by atoms with E-state index in [1.54, 1.807) is 0 Å². The van der Waals surface area contributed by atoms with Crippen molar-refractivity contribution in [2.24, 2.45) is 5.92 Å². The Hall–Kier alpha value is -1.000. The van der Waals surface area contributed by atoms with Crippen molar-refractivity contribution in [1.82, 2.24) is 5.32 Å². The summed E-state index contributed by atoms with van der Waals surface area (Å²) < 4.78 is 0. The fraction of sp³-hybridized carbons (Fsp3) is 0.500. The van der Waals surface area contributed by atoms with Crippen LogP contribution in [0, 0.1) is 12.8 Å². The molecular formula is C14H20N2OS. The molecule has 0 spiro atoms. The Labute approximate surface area is 113 Å². The van der Waals surface area contributed by atoms with Gasteiger partial charge in [0.25, 0.3) is 0 Å². The lowest BCUT2D eigenvalue weighted by Crippen LogP contribution is -2.31. The number of carbonyl (C=O) groups is 1. The molecule has 4 heteroatoms. The van der Waals surface area contributed by atoms with Gasteiger partial charge in [-0.25, -0.2) is 0 Å². The summed E-state index contributed by atoms with van der Waals surface area (Å²) in [4.78, 5) is 11.8. The first-order chi connectivity index (χ1) is 8.75. The second kappa shape index (κ2) is 6.81. The number of hydrogen-bond acceptors (Lipinski definition) is 3. The Morgan fingerprint density at radius 3 is 3.00 bits per heavy atom. The van der Waals surface area contributed by atoms with Gasteiger partial charge in [-0.3, -0.25) is 4.79 Å². The van der Waals surface area contributed by atoms with E-state index in [1.165, 1.54) is 17.9 Å². The third-order valence-corrected chi connectivity index (χ3v) is 4.39. The Kier molecular flexibility index (Phi) is 5.08. The van der Waals surface area contributed by atoms with Gasteiger partial charge in [0.1, 0.15) is 0 Å². The van der Waals surface area contributed by atoms with E-state index in [4.69, 9.17) is 0 Å². The molecule has 1 aliphatic heterocycles. The number of carbonyl (C=O) groups excluding carboxylic acids is 1. The minimum atomic E-state index is 0.0370. The fourth-order valence-corrected chi connectivity index (χ4v) is 3.33. The molecule has 1 aliphatic rings. The van der Waals surface area contributed by atoms with Crippen molar-refractivity contribution in [2.45, 2.75) is 13.3 Å². The van der Waals surface area contributed by atoms with Crippen molar-refractivity contribution in [3.05, 3.63) is 29.8 Å². The lowest BCUT2D eigenvalue weighted by atomic mass is 10.1. The molecule has 2 N–H and O–H groups in total. The van der Waals surface area contributed by atoms with E-state index >= 15 is 0 Å². The summed E-state index contributed by atoms with van der Waals surface area (Å²) in [5.41, 5.74) is 2.00. The zero-order valence-electron chi connectivity index (χ0n) is 10.7. The van der Waals surface area contributed by atoms with Crippen LogP contribution in [0.15, 0.2) is 24.3 Å². The number of thioether (sulfide) groups is 1. The molecule has 1 amide bonds. The van der Waals surface area contributed by atoms with Gasteiger partial charge in [0, 0.05) is 5.69 Å². The van der Waals surface area contributed by atoms with Gasteiger partial charge in [-0.1, -0.05) is 18.2 Å². The second-order valence-electron chi connectivity index (χ2n) is 4.72. The molecule has 98 valence electrons. The summed E-state index contributed by atoms with van der Waals surface area (Å²) in [6.45, 7) is 3.35. The van der Waals surface area contributed by atoms with Crippen molar-refractivity contribution in [2.75, 3.05) is 29.9 Å². The van der Waals surface area contributed by atoms with E-state index in [9.17, 15) is 4.79 Å². The average Bonchev–Trinajstić information content (AvgIpc) is 2.85. The third kappa shape index (κ3) is 4.03. The van der Waals surface area contributed by atoms with Crippen LogP contribution in [0.3, 0.4) is 0 Å². The zero-order chi connectivity index (χ0) is 12.8. The standard InChI is InChI=1S/C14H20N2OS/c1-11-4-2-3-5-13(11)16-14(17)9-15-8-12-6-7-18-10-12/h2-5,12,15H,6-10H2,1H3,(H,16,17). The summed E-state index contributed by atoms with van der Waals surface area (Å²) in [6.07, 6.45) is 1.27. The topological polar surface area (TPSA) is 41.1 Å². The van der Waals surface area contributed by atoms with E-state index in [0.717, 1.165) is 23.7 Å². The Morgan fingerprint density at radius 1 is 1.44 bits per heavy atom. The largest absolute Gasteiger partial charge is 0.325 e.